The number of nitro benzene ring substituents is 1. The summed E-state index contributed by atoms with van der Waals surface area (Å²) in [6.45, 7) is 0.410. The van der Waals surface area contributed by atoms with Crippen LogP contribution in [0.3, 0.4) is 0 Å². The van der Waals surface area contributed by atoms with E-state index in [1.807, 2.05) is 18.2 Å². The molecule has 0 bridgehead atoms. The summed E-state index contributed by atoms with van der Waals surface area (Å²) in [5.74, 6) is 0. The number of hydrogen-bond acceptors (Lipinski definition) is 5. The van der Waals surface area contributed by atoms with E-state index >= 15 is 0 Å². The number of benzene rings is 3. The second kappa shape index (κ2) is 7.89. The van der Waals surface area contributed by atoms with Gasteiger partial charge in [-0.2, -0.15) is 0 Å². The summed E-state index contributed by atoms with van der Waals surface area (Å²) in [5.41, 5.74) is 2.53. The van der Waals surface area contributed by atoms with Crippen LogP contribution >= 0.6 is 11.6 Å². The molecule has 7 nitrogen and oxygen atoms in total. The van der Waals surface area contributed by atoms with Crippen LogP contribution in [0.4, 0.5) is 17.1 Å². The summed E-state index contributed by atoms with van der Waals surface area (Å²) in [4.78, 5) is 14.8. The third-order valence-corrected chi connectivity index (χ3v) is 6.98. The number of nitrogens with zero attached hydrogens (tertiary/aromatic N) is 3. The molecule has 0 spiro atoms. The van der Waals surface area contributed by atoms with Crippen LogP contribution in [-0.4, -0.2) is 26.1 Å². The number of sulfonamides is 1. The van der Waals surface area contributed by atoms with Crippen LogP contribution in [0.1, 0.15) is 11.1 Å². The summed E-state index contributed by atoms with van der Waals surface area (Å²) in [5, 5.41) is 11.2. The van der Waals surface area contributed by atoms with Gasteiger partial charge >= 0.3 is 0 Å². The van der Waals surface area contributed by atoms with Crippen LogP contribution in [0.5, 0.6) is 0 Å². The van der Waals surface area contributed by atoms with E-state index in [1.165, 1.54) is 40.9 Å². The molecular weight excluding hydrogens is 426 g/mol. The number of rotatable bonds is 5. The Balaban J connectivity index is 1.57. The van der Waals surface area contributed by atoms with Gasteiger partial charge in [0, 0.05) is 35.5 Å². The minimum absolute atomic E-state index is 0.0896. The molecule has 30 heavy (non-hydrogen) atoms. The first-order valence-corrected chi connectivity index (χ1v) is 10.9. The average molecular weight is 442 g/mol. The van der Waals surface area contributed by atoms with E-state index < -0.39 is 14.9 Å². The third kappa shape index (κ3) is 3.79. The van der Waals surface area contributed by atoms with Crippen LogP contribution in [0.25, 0.3) is 0 Å². The largest absolute Gasteiger partial charge is 0.270 e. The van der Waals surface area contributed by atoms with Gasteiger partial charge in [0.05, 0.1) is 21.2 Å². The highest BCUT2D eigenvalue weighted by molar-refractivity contribution is 7.92. The van der Waals surface area contributed by atoms with Crippen molar-refractivity contribution in [2.45, 2.75) is 11.3 Å². The Bertz CT molecular complexity index is 1260. The van der Waals surface area contributed by atoms with E-state index in [4.69, 9.17) is 11.6 Å². The minimum Gasteiger partial charge on any atom is -0.266 e. The number of fused-ring (bicyclic) bond motifs is 1. The van der Waals surface area contributed by atoms with Gasteiger partial charge in [0.25, 0.3) is 15.7 Å². The standard InChI is InChI=1S/C21H16ClN3O4S/c22-20-10-7-18(25(26)27)13-16(20)14-23-17-5-8-19(9-6-17)30(28,29)24-12-11-15-3-1-2-4-21(15)24/h1-10,13-14H,11-12H2. The Morgan fingerprint density at radius 2 is 1.80 bits per heavy atom. The van der Waals surface area contributed by atoms with Crippen molar-refractivity contribution < 1.29 is 13.3 Å². The number of halogens is 1. The van der Waals surface area contributed by atoms with Gasteiger partial charge in [0.1, 0.15) is 0 Å². The maximum Gasteiger partial charge on any atom is 0.270 e. The Morgan fingerprint density at radius 1 is 1.07 bits per heavy atom. The normalized spacial score (nSPS) is 13.6. The van der Waals surface area contributed by atoms with Crippen LogP contribution in [0, 0.1) is 10.1 Å². The van der Waals surface area contributed by atoms with Crippen molar-refractivity contribution in [2.24, 2.45) is 4.99 Å². The molecule has 0 fully saturated rings. The van der Waals surface area contributed by atoms with Crippen LogP contribution < -0.4 is 4.31 Å². The van der Waals surface area contributed by atoms with E-state index in [-0.39, 0.29) is 10.6 Å². The van der Waals surface area contributed by atoms with E-state index in [0.717, 1.165) is 5.56 Å². The molecular formula is C21H16ClN3O4S. The fourth-order valence-electron chi connectivity index (χ4n) is 3.28. The molecule has 0 aliphatic carbocycles. The van der Waals surface area contributed by atoms with E-state index in [9.17, 15) is 18.5 Å². The molecule has 0 saturated carbocycles. The number of para-hydroxylation sites is 1. The SMILES string of the molecule is O=[N+]([O-])c1ccc(Cl)c(C=Nc2ccc(S(=O)(=O)N3CCc4ccccc43)cc2)c1. The molecule has 0 amide bonds. The second-order valence-corrected chi connectivity index (χ2v) is 8.94. The van der Waals surface area contributed by atoms with Gasteiger partial charge in [-0.05, 0) is 48.4 Å². The number of hydrogen-bond donors (Lipinski definition) is 0. The molecule has 0 atom stereocenters. The van der Waals surface area contributed by atoms with Gasteiger partial charge in [-0.25, -0.2) is 8.42 Å². The number of aliphatic imine (C=N–C) groups is 1. The second-order valence-electron chi connectivity index (χ2n) is 6.67. The monoisotopic (exact) mass is 441 g/mol. The van der Waals surface area contributed by atoms with Crippen molar-refractivity contribution in [2.75, 3.05) is 10.8 Å². The molecule has 1 aliphatic heterocycles. The summed E-state index contributed by atoms with van der Waals surface area (Å²) >= 11 is 6.07. The van der Waals surface area contributed by atoms with Crippen LogP contribution in [0.15, 0.2) is 76.6 Å². The number of anilines is 1. The lowest BCUT2D eigenvalue weighted by molar-refractivity contribution is -0.384. The third-order valence-electron chi connectivity index (χ3n) is 4.81. The fraction of sp³-hybridized carbons (Fsp3) is 0.0952. The van der Waals surface area contributed by atoms with Crippen molar-refractivity contribution >= 4 is 44.9 Å². The minimum atomic E-state index is -3.67. The molecule has 0 aromatic heterocycles. The predicted molar refractivity (Wildman–Crippen MR) is 116 cm³/mol. The molecule has 9 heteroatoms. The van der Waals surface area contributed by atoms with Crippen LogP contribution in [0.2, 0.25) is 5.02 Å². The van der Waals surface area contributed by atoms with Crippen molar-refractivity contribution in [1.82, 2.24) is 0 Å². The molecule has 0 saturated heterocycles. The molecule has 0 radical (unpaired) electrons. The molecule has 3 aromatic rings. The fourth-order valence-corrected chi connectivity index (χ4v) is 4.95. The van der Waals surface area contributed by atoms with E-state index in [2.05, 4.69) is 4.99 Å². The van der Waals surface area contributed by atoms with Gasteiger partial charge in [-0.1, -0.05) is 29.8 Å². The molecule has 152 valence electrons. The smallest absolute Gasteiger partial charge is 0.266 e. The molecule has 1 heterocycles. The molecule has 0 unspecified atom stereocenters. The van der Waals surface area contributed by atoms with Crippen molar-refractivity contribution in [3.05, 3.63) is 93.0 Å². The lowest BCUT2D eigenvalue weighted by Gasteiger charge is -2.19. The van der Waals surface area contributed by atoms with Gasteiger partial charge in [0.15, 0.2) is 0 Å². The summed E-state index contributed by atoms with van der Waals surface area (Å²) in [6.07, 6.45) is 2.09. The Labute approximate surface area is 178 Å². The van der Waals surface area contributed by atoms with Crippen molar-refractivity contribution in [3.63, 3.8) is 0 Å². The molecule has 4 rings (SSSR count). The summed E-state index contributed by atoms with van der Waals surface area (Å²) in [7, 11) is -3.67. The Kier molecular flexibility index (Phi) is 5.27. The zero-order valence-corrected chi connectivity index (χ0v) is 17.2. The highest BCUT2D eigenvalue weighted by Crippen LogP contribution is 2.33. The summed E-state index contributed by atoms with van der Waals surface area (Å²) in [6, 6.07) is 17.7. The average Bonchev–Trinajstić information content (AvgIpc) is 3.18. The van der Waals surface area contributed by atoms with E-state index in [0.29, 0.717) is 34.9 Å². The Morgan fingerprint density at radius 3 is 2.53 bits per heavy atom. The van der Waals surface area contributed by atoms with E-state index in [1.54, 1.807) is 18.2 Å². The molecule has 3 aromatic carbocycles. The highest BCUT2D eigenvalue weighted by Gasteiger charge is 2.30. The van der Waals surface area contributed by atoms with Gasteiger partial charge in [0.2, 0.25) is 0 Å². The van der Waals surface area contributed by atoms with Gasteiger partial charge < -0.3 is 0 Å². The topological polar surface area (TPSA) is 92.9 Å². The zero-order chi connectivity index (χ0) is 21.3. The highest BCUT2D eigenvalue weighted by atomic mass is 35.5. The lowest BCUT2D eigenvalue weighted by Crippen LogP contribution is -2.29. The van der Waals surface area contributed by atoms with Crippen molar-refractivity contribution in [3.8, 4) is 0 Å². The van der Waals surface area contributed by atoms with Gasteiger partial charge in [-0.15, -0.1) is 0 Å². The zero-order valence-electron chi connectivity index (χ0n) is 15.6. The quantitative estimate of drug-likeness (QED) is 0.324. The maximum absolute atomic E-state index is 13.0. The number of nitro groups is 1. The first kappa shape index (κ1) is 20.1. The van der Waals surface area contributed by atoms with Crippen LogP contribution in [-0.2, 0) is 16.4 Å². The molecule has 0 N–H and O–H groups in total. The maximum atomic E-state index is 13.0. The van der Waals surface area contributed by atoms with Gasteiger partial charge in [-0.3, -0.25) is 19.4 Å². The first-order chi connectivity index (χ1) is 14.4. The Hall–Kier alpha value is -3.23. The lowest BCUT2D eigenvalue weighted by atomic mass is 10.2. The molecule has 1 aliphatic rings. The summed E-state index contributed by atoms with van der Waals surface area (Å²) < 4.78 is 27.5. The number of non-ortho nitro benzene ring substituents is 1. The first-order valence-electron chi connectivity index (χ1n) is 9.05. The predicted octanol–water partition coefficient (Wildman–Crippen LogP) is 4.75. The van der Waals surface area contributed by atoms with Crippen molar-refractivity contribution in [1.29, 1.82) is 0 Å².